The van der Waals surface area contributed by atoms with Gasteiger partial charge in [-0.3, -0.25) is 0 Å². The van der Waals surface area contributed by atoms with Crippen LogP contribution in [0.25, 0.3) is 0 Å². The first-order chi connectivity index (χ1) is 4.81. The number of hydrogen-bond donors (Lipinski definition) is 1. The molecule has 0 amide bonds. The molecule has 10 heavy (non-hydrogen) atoms. The molecule has 0 fully saturated rings. The molecule has 0 radical (unpaired) electrons. The van der Waals surface area contributed by atoms with Crippen LogP contribution in [0.3, 0.4) is 0 Å². The zero-order chi connectivity index (χ0) is 7.82. The van der Waals surface area contributed by atoms with E-state index in [9.17, 15) is 0 Å². The Morgan fingerprint density at radius 1 is 1.30 bits per heavy atom. The van der Waals surface area contributed by atoms with Gasteiger partial charge in [0.2, 0.25) is 0 Å². The molecule has 0 saturated heterocycles. The van der Waals surface area contributed by atoms with Crippen molar-refractivity contribution in [3.8, 4) is 0 Å². The van der Waals surface area contributed by atoms with E-state index in [1.165, 1.54) is 18.2 Å². The van der Waals surface area contributed by atoms with Crippen molar-refractivity contribution in [3.63, 3.8) is 0 Å². The predicted octanol–water partition coefficient (Wildman–Crippen LogP) is -0.292. The summed E-state index contributed by atoms with van der Waals surface area (Å²) < 4.78 is 0. The van der Waals surface area contributed by atoms with Gasteiger partial charge in [-0.2, -0.15) is 0 Å². The Balaban J connectivity index is 3.00. The van der Waals surface area contributed by atoms with Crippen LogP contribution in [0.5, 0.6) is 0 Å². The number of rotatable bonds is 6. The van der Waals surface area contributed by atoms with Crippen LogP contribution in [0.1, 0.15) is 12.8 Å². The van der Waals surface area contributed by atoms with Crippen LogP contribution in [0.2, 0.25) is 5.21 Å². The molecule has 1 unspecified atom stereocenters. The molecule has 0 spiro atoms. The number of nitrogens with zero attached hydrogens (tertiary/aromatic N) is 1. The molecule has 0 heterocycles. The van der Waals surface area contributed by atoms with E-state index in [2.05, 4.69) is 11.9 Å². The van der Waals surface area contributed by atoms with Crippen LogP contribution in [-0.4, -0.2) is 48.4 Å². The van der Waals surface area contributed by atoms with Gasteiger partial charge in [-0.25, -0.2) is 0 Å². The normalized spacial score (nSPS) is 10.8. The first kappa shape index (κ1) is 10.5. The van der Waals surface area contributed by atoms with Gasteiger partial charge < -0.3 is 0 Å². The summed E-state index contributed by atoms with van der Waals surface area (Å²) in [5.74, 6) is 0. The van der Waals surface area contributed by atoms with Gasteiger partial charge in [-0.05, 0) is 0 Å². The molecule has 0 aromatic heterocycles. The summed E-state index contributed by atoms with van der Waals surface area (Å²) in [5.41, 5.74) is 5.38. The molecule has 3 heteroatoms. The molecule has 0 saturated carbocycles. The van der Waals surface area contributed by atoms with Crippen LogP contribution < -0.4 is 5.73 Å². The fraction of sp³-hybridized carbons (Fsp3) is 1.00. The Morgan fingerprint density at radius 3 is 2.40 bits per heavy atom. The molecule has 0 rings (SSSR count). The molecule has 0 bridgehead atoms. The third kappa shape index (κ3) is 6.60. The predicted molar refractivity (Wildman–Crippen MR) is 49.1 cm³/mol. The molecular weight excluding hydrogens is 187 g/mol. The molecule has 62 valence electrons. The van der Waals surface area contributed by atoms with Crippen molar-refractivity contribution >= 4 is 16.9 Å². The SMILES string of the molecule is CN(CCCN)CCC[AsH2]. The molecular formula is C7H19AsN2. The van der Waals surface area contributed by atoms with Gasteiger partial charge in [0.15, 0.2) is 0 Å². The molecule has 0 aliphatic rings. The van der Waals surface area contributed by atoms with Crippen molar-refractivity contribution in [1.82, 2.24) is 4.90 Å². The molecule has 2 nitrogen and oxygen atoms in total. The standard InChI is InChI=1S/C7H19AsN2/c1-10(6-2-4-8)7-3-5-9/h2-9H2,1H3. The van der Waals surface area contributed by atoms with Crippen LogP contribution in [0.15, 0.2) is 0 Å². The van der Waals surface area contributed by atoms with Gasteiger partial charge in [0.05, 0.1) is 0 Å². The number of nitrogens with two attached hydrogens (primary N) is 1. The fourth-order valence-electron chi connectivity index (χ4n) is 0.834. The van der Waals surface area contributed by atoms with Crippen molar-refractivity contribution < 1.29 is 0 Å². The van der Waals surface area contributed by atoms with Gasteiger partial charge in [-0.15, -0.1) is 0 Å². The molecule has 0 aliphatic carbocycles. The van der Waals surface area contributed by atoms with Crippen LogP contribution >= 0.6 is 0 Å². The van der Waals surface area contributed by atoms with E-state index in [0.29, 0.717) is 0 Å². The van der Waals surface area contributed by atoms with Crippen molar-refractivity contribution in [1.29, 1.82) is 0 Å². The Labute approximate surface area is 72.6 Å². The first-order valence-corrected chi connectivity index (χ1v) is 5.61. The second-order valence-corrected chi connectivity index (χ2v) is 3.80. The second kappa shape index (κ2) is 7.58. The summed E-state index contributed by atoms with van der Waals surface area (Å²) in [4.78, 5) is 2.35. The van der Waals surface area contributed by atoms with Gasteiger partial charge in [0.1, 0.15) is 0 Å². The van der Waals surface area contributed by atoms with E-state index >= 15 is 0 Å². The van der Waals surface area contributed by atoms with Gasteiger partial charge >= 0.3 is 72.2 Å². The quantitative estimate of drug-likeness (QED) is 0.605. The van der Waals surface area contributed by atoms with Crippen molar-refractivity contribution in [3.05, 3.63) is 0 Å². The first-order valence-electron chi connectivity index (χ1n) is 3.90. The molecule has 0 aliphatic heterocycles. The van der Waals surface area contributed by atoms with Gasteiger partial charge in [-0.1, -0.05) is 0 Å². The minimum absolute atomic E-state index is 0.820. The Morgan fingerprint density at radius 2 is 1.90 bits per heavy atom. The van der Waals surface area contributed by atoms with Crippen LogP contribution in [-0.2, 0) is 0 Å². The van der Waals surface area contributed by atoms with E-state index in [0.717, 1.165) is 19.5 Å². The van der Waals surface area contributed by atoms with Crippen LogP contribution in [0.4, 0.5) is 0 Å². The Bertz CT molecular complexity index is 60.6. The third-order valence-corrected chi connectivity index (χ3v) is 2.34. The second-order valence-electron chi connectivity index (χ2n) is 2.59. The summed E-state index contributed by atoms with van der Waals surface area (Å²) in [5, 5.41) is 1.35. The average molecular weight is 206 g/mol. The van der Waals surface area contributed by atoms with Crippen molar-refractivity contribution in [2.45, 2.75) is 18.1 Å². The zero-order valence-electron chi connectivity index (χ0n) is 6.84. The third-order valence-electron chi connectivity index (χ3n) is 1.49. The van der Waals surface area contributed by atoms with E-state index < -0.39 is 0 Å². The summed E-state index contributed by atoms with van der Waals surface area (Å²) in [6, 6.07) is 0. The Kier molecular flexibility index (Phi) is 7.95. The van der Waals surface area contributed by atoms with E-state index in [1.807, 2.05) is 16.9 Å². The summed E-state index contributed by atoms with van der Waals surface area (Å²) in [6.45, 7) is 3.21. The molecule has 1 atom stereocenters. The number of hydrogen-bond acceptors (Lipinski definition) is 2. The zero-order valence-corrected chi connectivity index (χ0v) is 9.27. The monoisotopic (exact) mass is 206 g/mol. The maximum absolute atomic E-state index is 5.38. The van der Waals surface area contributed by atoms with E-state index in [1.54, 1.807) is 0 Å². The molecule has 0 aromatic carbocycles. The molecule has 2 N–H and O–H groups in total. The van der Waals surface area contributed by atoms with E-state index in [-0.39, 0.29) is 0 Å². The van der Waals surface area contributed by atoms with Crippen molar-refractivity contribution in [2.75, 3.05) is 26.7 Å². The average Bonchev–Trinajstić information content (AvgIpc) is 1.97. The van der Waals surface area contributed by atoms with E-state index in [4.69, 9.17) is 5.73 Å². The molecule has 0 aromatic rings. The maximum atomic E-state index is 5.38. The van der Waals surface area contributed by atoms with Gasteiger partial charge in [0, 0.05) is 0 Å². The van der Waals surface area contributed by atoms with Crippen LogP contribution in [0, 0.1) is 0 Å². The summed E-state index contributed by atoms with van der Waals surface area (Å²) >= 11 is 1.83. The Hall–Kier alpha value is 0.478. The summed E-state index contributed by atoms with van der Waals surface area (Å²) in [6.07, 6.45) is 2.46. The van der Waals surface area contributed by atoms with Gasteiger partial charge in [0.25, 0.3) is 0 Å². The minimum atomic E-state index is 0.820. The topological polar surface area (TPSA) is 29.3 Å². The summed E-state index contributed by atoms with van der Waals surface area (Å²) in [7, 11) is 2.16. The fourth-order valence-corrected chi connectivity index (χ4v) is 1.22. The van der Waals surface area contributed by atoms with Crippen molar-refractivity contribution in [2.24, 2.45) is 5.73 Å².